The van der Waals surface area contributed by atoms with Crippen LogP contribution in [-0.4, -0.2) is 21.3 Å². The van der Waals surface area contributed by atoms with Crippen molar-refractivity contribution in [2.75, 3.05) is 6.54 Å². The van der Waals surface area contributed by atoms with E-state index in [1.54, 1.807) is 0 Å². The molecule has 2 N–H and O–H groups in total. The molecule has 0 unspecified atom stereocenters. The summed E-state index contributed by atoms with van der Waals surface area (Å²) < 4.78 is 2.17. The average Bonchev–Trinajstić information content (AvgIpc) is 2.73. The fraction of sp³-hybridized carbons (Fsp3) is 0.429. The highest BCUT2D eigenvalue weighted by Gasteiger charge is 2.10. The van der Waals surface area contributed by atoms with Gasteiger partial charge in [-0.05, 0) is 37.9 Å². The van der Waals surface area contributed by atoms with Crippen LogP contribution in [0.2, 0.25) is 0 Å². The number of rotatable bonds is 5. The molecule has 0 fully saturated rings. The Morgan fingerprint density at radius 2 is 2.11 bits per heavy atom. The van der Waals surface area contributed by atoms with E-state index in [2.05, 4.69) is 46.0 Å². The van der Waals surface area contributed by atoms with Crippen LogP contribution >= 0.6 is 0 Å². The molecule has 4 nitrogen and oxygen atoms in total. The zero-order chi connectivity index (χ0) is 13.0. The van der Waals surface area contributed by atoms with E-state index in [9.17, 15) is 0 Å². The maximum absolute atomic E-state index is 5.60. The van der Waals surface area contributed by atoms with Gasteiger partial charge in [-0.1, -0.05) is 25.1 Å². The molecule has 0 saturated carbocycles. The molecule has 1 aromatic heterocycles. The van der Waals surface area contributed by atoms with E-state index in [1.165, 1.54) is 5.56 Å². The summed E-state index contributed by atoms with van der Waals surface area (Å²) >= 11 is 0. The van der Waals surface area contributed by atoms with E-state index in [-0.39, 0.29) is 0 Å². The second-order valence-electron chi connectivity index (χ2n) is 4.46. The third kappa shape index (κ3) is 2.59. The Balaban J connectivity index is 2.38. The molecular weight excluding hydrogens is 224 g/mol. The van der Waals surface area contributed by atoms with Crippen molar-refractivity contribution in [3.8, 4) is 11.4 Å². The molecule has 0 aliphatic rings. The van der Waals surface area contributed by atoms with Crippen molar-refractivity contribution < 1.29 is 0 Å². The highest BCUT2D eigenvalue weighted by Crippen LogP contribution is 2.20. The van der Waals surface area contributed by atoms with E-state index in [4.69, 9.17) is 5.73 Å². The molecule has 1 aromatic carbocycles. The third-order valence-electron chi connectivity index (χ3n) is 3.00. The first-order valence-corrected chi connectivity index (χ1v) is 6.45. The van der Waals surface area contributed by atoms with Gasteiger partial charge in [-0.25, -0.2) is 0 Å². The second-order valence-corrected chi connectivity index (χ2v) is 4.46. The lowest BCUT2D eigenvalue weighted by atomic mass is 10.1. The van der Waals surface area contributed by atoms with E-state index in [1.807, 2.05) is 6.92 Å². The zero-order valence-electron chi connectivity index (χ0n) is 11.1. The Bertz CT molecular complexity index is 516. The van der Waals surface area contributed by atoms with Crippen molar-refractivity contribution in [3.63, 3.8) is 0 Å². The van der Waals surface area contributed by atoms with Crippen LogP contribution in [0, 0.1) is 6.92 Å². The van der Waals surface area contributed by atoms with Gasteiger partial charge < -0.3 is 10.3 Å². The first kappa shape index (κ1) is 12.8. The molecule has 0 saturated heterocycles. The standard InChI is InChI=1S/C14H20N4/c1-3-9-18-11(2)16-17-14(18)13-6-4-5-12(10-13)7-8-15/h4-6,10H,3,7-9,15H2,1-2H3. The van der Waals surface area contributed by atoms with Gasteiger partial charge in [0.25, 0.3) is 0 Å². The van der Waals surface area contributed by atoms with Gasteiger partial charge in [0.05, 0.1) is 0 Å². The SMILES string of the molecule is CCCn1c(C)nnc1-c1cccc(CCN)c1. The fourth-order valence-corrected chi connectivity index (χ4v) is 2.12. The predicted molar refractivity (Wildman–Crippen MR) is 73.2 cm³/mol. The largest absolute Gasteiger partial charge is 0.330 e. The van der Waals surface area contributed by atoms with Gasteiger partial charge in [0, 0.05) is 12.1 Å². The minimum absolute atomic E-state index is 0.671. The maximum atomic E-state index is 5.60. The van der Waals surface area contributed by atoms with Crippen molar-refractivity contribution in [2.45, 2.75) is 33.2 Å². The van der Waals surface area contributed by atoms with Crippen LogP contribution in [0.3, 0.4) is 0 Å². The molecular formula is C14H20N4. The molecule has 0 spiro atoms. The fourth-order valence-electron chi connectivity index (χ4n) is 2.12. The Morgan fingerprint density at radius 1 is 1.28 bits per heavy atom. The number of benzene rings is 1. The van der Waals surface area contributed by atoms with Crippen molar-refractivity contribution in [1.29, 1.82) is 0 Å². The summed E-state index contributed by atoms with van der Waals surface area (Å²) in [6.07, 6.45) is 1.98. The van der Waals surface area contributed by atoms with Crippen LogP contribution in [0.25, 0.3) is 11.4 Å². The Hall–Kier alpha value is -1.68. The summed E-state index contributed by atoms with van der Waals surface area (Å²) in [6.45, 7) is 5.78. The highest BCUT2D eigenvalue weighted by atomic mass is 15.3. The predicted octanol–water partition coefficient (Wildman–Crippen LogP) is 2.16. The first-order valence-electron chi connectivity index (χ1n) is 6.45. The van der Waals surface area contributed by atoms with Gasteiger partial charge in [-0.15, -0.1) is 10.2 Å². The topological polar surface area (TPSA) is 56.7 Å². The van der Waals surface area contributed by atoms with E-state index >= 15 is 0 Å². The minimum atomic E-state index is 0.671. The van der Waals surface area contributed by atoms with Crippen LogP contribution < -0.4 is 5.73 Å². The number of nitrogens with zero attached hydrogens (tertiary/aromatic N) is 3. The molecule has 0 aliphatic carbocycles. The van der Waals surface area contributed by atoms with Gasteiger partial charge >= 0.3 is 0 Å². The third-order valence-corrected chi connectivity index (χ3v) is 3.00. The van der Waals surface area contributed by atoms with E-state index in [0.29, 0.717) is 6.54 Å². The van der Waals surface area contributed by atoms with Crippen LogP contribution in [0.5, 0.6) is 0 Å². The maximum Gasteiger partial charge on any atom is 0.163 e. The molecule has 0 atom stereocenters. The smallest absolute Gasteiger partial charge is 0.163 e. The average molecular weight is 244 g/mol. The van der Waals surface area contributed by atoms with Crippen LogP contribution in [0.1, 0.15) is 24.7 Å². The molecule has 2 aromatic rings. The Morgan fingerprint density at radius 3 is 2.83 bits per heavy atom. The molecule has 1 heterocycles. The van der Waals surface area contributed by atoms with Crippen molar-refractivity contribution >= 4 is 0 Å². The van der Waals surface area contributed by atoms with Crippen molar-refractivity contribution in [3.05, 3.63) is 35.7 Å². The van der Waals surface area contributed by atoms with Gasteiger partial charge in [0.2, 0.25) is 0 Å². The number of aromatic nitrogens is 3. The molecule has 2 rings (SSSR count). The molecule has 18 heavy (non-hydrogen) atoms. The first-order chi connectivity index (χ1) is 8.76. The Kier molecular flexibility index (Phi) is 4.10. The molecule has 96 valence electrons. The summed E-state index contributed by atoms with van der Waals surface area (Å²) in [4.78, 5) is 0. The quantitative estimate of drug-likeness (QED) is 0.877. The van der Waals surface area contributed by atoms with Crippen LogP contribution in [0.15, 0.2) is 24.3 Å². The minimum Gasteiger partial charge on any atom is -0.330 e. The number of hydrogen-bond donors (Lipinski definition) is 1. The van der Waals surface area contributed by atoms with Gasteiger partial charge in [0.1, 0.15) is 5.82 Å². The molecule has 4 heteroatoms. The lowest BCUT2D eigenvalue weighted by Gasteiger charge is -2.08. The molecule has 0 amide bonds. The van der Waals surface area contributed by atoms with Gasteiger partial charge in [-0.2, -0.15) is 0 Å². The number of hydrogen-bond acceptors (Lipinski definition) is 3. The monoisotopic (exact) mass is 244 g/mol. The second kappa shape index (κ2) is 5.78. The van der Waals surface area contributed by atoms with Gasteiger partial charge in [-0.3, -0.25) is 0 Å². The molecule has 0 radical (unpaired) electrons. The summed E-state index contributed by atoms with van der Waals surface area (Å²) in [5.41, 5.74) is 7.97. The molecule has 0 bridgehead atoms. The van der Waals surface area contributed by atoms with Crippen LogP contribution in [0.4, 0.5) is 0 Å². The van der Waals surface area contributed by atoms with Crippen molar-refractivity contribution in [1.82, 2.24) is 14.8 Å². The zero-order valence-corrected chi connectivity index (χ0v) is 11.1. The van der Waals surface area contributed by atoms with Gasteiger partial charge in [0.15, 0.2) is 5.82 Å². The number of aryl methyl sites for hydroxylation is 1. The Labute approximate surface area is 108 Å². The lowest BCUT2D eigenvalue weighted by molar-refractivity contribution is 0.663. The lowest BCUT2D eigenvalue weighted by Crippen LogP contribution is -2.04. The summed E-state index contributed by atoms with van der Waals surface area (Å²) in [5.74, 6) is 1.92. The van der Waals surface area contributed by atoms with Crippen LogP contribution in [-0.2, 0) is 13.0 Å². The van der Waals surface area contributed by atoms with E-state index < -0.39 is 0 Å². The normalized spacial score (nSPS) is 10.8. The van der Waals surface area contributed by atoms with E-state index in [0.717, 1.165) is 36.6 Å². The highest BCUT2D eigenvalue weighted by molar-refractivity contribution is 5.56. The summed E-state index contributed by atoms with van der Waals surface area (Å²) in [7, 11) is 0. The van der Waals surface area contributed by atoms with Crippen molar-refractivity contribution in [2.24, 2.45) is 5.73 Å². The summed E-state index contributed by atoms with van der Waals surface area (Å²) in [5, 5.41) is 8.46. The summed E-state index contributed by atoms with van der Waals surface area (Å²) in [6, 6.07) is 8.39. The number of nitrogens with two attached hydrogens (primary N) is 1. The molecule has 0 aliphatic heterocycles.